The van der Waals surface area contributed by atoms with Crippen molar-refractivity contribution in [1.29, 1.82) is 0 Å². The molecule has 0 amide bonds. The van der Waals surface area contributed by atoms with Gasteiger partial charge in [0.2, 0.25) is 0 Å². The number of halogens is 1. The van der Waals surface area contributed by atoms with Crippen LogP contribution in [0.25, 0.3) is 11.4 Å². The summed E-state index contributed by atoms with van der Waals surface area (Å²) >= 11 is 3.34. The van der Waals surface area contributed by atoms with Gasteiger partial charge in [-0.3, -0.25) is 4.57 Å². The van der Waals surface area contributed by atoms with E-state index in [1.807, 2.05) is 12.1 Å². The Balaban J connectivity index is 1.84. The molecule has 0 aliphatic heterocycles. The average Bonchev–Trinajstić information content (AvgIpc) is 3.12. The fourth-order valence-corrected chi connectivity index (χ4v) is 4.03. The number of aromatic nitrogens is 3. The maximum Gasteiger partial charge on any atom is 0.192 e. The highest BCUT2D eigenvalue weighted by molar-refractivity contribution is 7.98. The highest BCUT2D eigenvalue weighted by Gasteiger charge is 2.17. The lowest BCUT2D eigenvalue weighted by Crippen LogP contribution is -2.04. The molecule has 0 N–H and O–H groups in total. The zero-order valence-electron chi connectivity index (χ0n) is 13.3. The van der Waals surface area contributed by atoms with Gasteiger partial charge in [-0.2, -0.15) is 0 Å². The molecule has 0 saturated carbocycles. The first-order valence-corrected chi connectivity index (χ1v) is 9.29. The van der Waals surface area contributed by atoms with Gasteiger partial charge in [0, 0.05) is 27.6 Å². The van der Waals surface area contributed by atoms with E-state index in [0.29, 0.717) is 0 Å². The Bertz CT molecular complexity index is 791. The van der Waals surface area contributed by atoms with Crippen molar-refractivity contribution in [2.45, 2.75) is 37.7 Å². The van der Waals surface area contributed by atoms with Crippen molar-refractivity contribution >= 4 is 23.1 Å². The molecular weight excluding hydrogens is 329 g/mol. The van der Waals surface area contributed by atoms with Crippen LogP contribution in [-0.4, -0.2) is 14.8 Å². The SMILES string of the molecule is Cc1cc(-c2nnc(SCc3ccc(F)cc3)n2C(C)C)cs1. The fraction of sp³-hybridized carbons (Fsp3) is 0.294. The molecule has 0 unspecified atom stereocenters. The van der Waals surface area contributed by atoms with Crippen molar-refractivity contribution < 1.29 is 4.39 Å². The maximum absolute atomic E-state index is 13.0. The number of benzene rings is 1. The van der Waals surface area contributed by atoms with Crippen molar-refractivity contribution in [2.75, 3.05) is 0 Å². The second-order valence-corrected chi connectivity index (χ2v) is 7.69. The quantitative estimate of drug-likeness (QED) is 0.585. The minimum Gasteiger partial charge on any atom is -0.299 e. The van der Waals surface area contributed by atoms with Crippen molar-refractivity contribution in [2.24, 2.45) is 0 Å². The van der Waals surface area contributed by atoms with Crippen LogP contribution < -0.4 is 0 Å². The minimum atomic E-state index is -0.209. The zero-order chi connectivity index (χ0) is 16.4. The highest BCUT2D eigenvalue weighted by atomic mass is 32.2. The second kappa shape index (κ2) is 6.84. The van der Waals surface area contributed by atoms with Gasteiger partial charge >= 0.3 is 0 Å². The molecule has 3 rings (SSSR count). The maximum atomic E-state index is 13.0. The Morgan fingerprint density at radius 2 is 1.96 bits per heavy atom. The first-order valence-electron chi connectivity index (χ1n) is 7.42. The van der Waals surface area contributed by atoms with E-state index in [2.05, 4.69) is 47.0 Å². The van der Waals surface area contributed by atoms with Gasteiger partial charge in [0.1, 0.15) is 5.82 Å². The predicted octanol–water partition coefficient (Wildman–Crippen LogP) is 5.33. The largest absolute Gasteiger partial charge is 0.299 e. The van der Waals surface area contributed by atoms with E-state index >= 15 is 0 Å². The average molecular weight is 347 g/mol. The zero-order valence-corrected chi connectivity index (χ0v) is 14.9. The van der Waals surface area contributed by atoms with Gasteiger partial charge in [0.15, 0.2) is 11.0 Å². The first kappa shape index (κ1) is 16.2. The molecule has 0 bridgehead atoms. The summed E-state index contributed by atoms with van der Waals surface area (Å²) in [5, 5.41) is 11.8. The predicted molar refractivity (Wildman–Crippen MR) is 94.4 cm³/mol. The van der Waals surface area contributed by atoms with E-state index in [9.17, 15) is 4.39 Å². The number of thiophene rings is 1. The molecule has 0 spiro atoms. The standard InChI is InChI=1S/C17H18FN3S2/c1-11(2)21-16(14-8-12(3)22-10-14)19-20-17(21)23-9-13-4-6-15(18)7-5-13/h4-8,10-11H,9H2,1-3H3. The van der Waals surface area contributed by atoms with Crippen LogP contribution in [0.3, 0.4) is 0 Å². The molecule has 120 valence electrons. The summed E-state index contributed by atoms with van der Waals surface area (Å²) in [5.74, 6) is 1.44. The van der Waals surface area contributed by atoms with Crippen molar-refractivity contribution in [1.82, 2.24) is 14.8 Å². The van der Waals surface area contributed by atoms with E-state index in [0.717, 1.165) is 27.9 Å². The van der Waals surface area contributed by atoms with Gasteiger partial charge in [0.25, 0.3) is 0 Å². The number of rotatable bonds is 5. The van der Waals surface area contributed by atoms with E-state index in [-0.39, 0.29) is 11.9 Å². The van der Waals surface area contributed by atoms with Gasteiger partial charge in [0.05, 0.1) is 0 Å². The van der Waals surface area contributed by atoms with Crippen LogP contribution in [0.2, 0.25) is 0 Å². The van der Waals surface area contributed by atoms with E-state index in [4.69, 9.17) is 0 Å². The number of hydrogen-bond donors (Lipinski definition) is 0. The summed E-state index contributed by atoms with van der Waals surface area (Å²) in [4.78, 5) is 1.26. The summed E-state index contributed by atoms with van der Waals surface area (Å²) in [6.45, 7) is 6.36. The van der Waals surface area contributed by atoms with E-state index in [1.54, 1.807) is 23.1 Å². The fourth-order valence-electron chi connectivity index (χ4n) is 2.33. The topological polar surface area (TPSA) is 30.7 Å². The number of aryl methyl sites for hydroxylation is 1. The third kappa shape index (κ3) is 3.64. The summed E-state index contributed by atoms with van der Waals surface area (Å²) in [5.41, 5.74) is 2.19. The van der Waals surface area contributed by atoms with Crippen molar-refractivity contribution in [3.8, 4) is 11.4 Å². The molecule has 3 nitrogen and oxygen atoms in total. The Kier molecular flexibility index (Phi) is 4.82. The number of thioether (sulfide) groups is 1. The molecule has 3 aromatic rings. The first-order chi connectivity index (χ1) is 11.0. The normalized spacial score (nSPS) is 11.3. The lowest BCUT2D eigenvalue weighted by molar-refractivity contribution is 0.555. The number of nitrogens with zero attached hydrogens (tertiary/aromatic N) is 3. The Morgan fingerprint density at radius 3 is 2.57 bits per heavy atom. The Labute approximate surface area is 143 Å². The molecule has 6 heteroatoms. The van der Waals surface area contributed by atoms with Crippen LogP contribution >= 0.6 is 23.1 Å². The van der Waals surface area contributed by atoms with Crippen LogP contribution in [0.15, 0.2) is 40.9 Å². The third-order valence-electron chi connectivity index (χ3n) is 3.45. The van der Waals surface area contributed by atoms with Crippen LogP contribution in [0, 0.1) is 12.7 Å². The Hall–Kier alpha value is -1.66. The molecule has 0 radical (unpaired) electrons. The monoisotopic (exact) mass is 347 g/mol. The van der Waals surface area contributed by atoms with E-state index < -0.39 is 0 Å². The summed E-state index contributed by atoms with van der Waals surface area (Å²) in [7, 11) is 0. The minimum absolute atomic E-state index is 0.209. The van der Waals surface area contributed by atoms with E-state index in [1.165, 1.54) is 17.0 Å². The molecule has 0 saturated heterocycles. The van der Waals surface area contributed by atoms with Crippen LogP contribution in [0.4, 0.5) is 4.39 Å². The van der Waals surface area contributed by atoms with Crippen LogP contribution in [0.1, 0.15) is 30.3 Å². The van der Waals surface area contributed by atoms with Crippen LogP contribution in [-0.2, 0) is 5.75 Å². The molecule has 1 aromatic carbocycles. The summed E-state index contributed by atoms with van der Waals surface area (Å²) < 4.78 is 15.1. The van der Waals surface area contributed by atoms with Gasteiger partial charge in [-0.1, -0.05) is 23.9 Å². The smallest absolute Gasteiger partial charge is 0.192 e. The van der Waals surface area contributed by atoms with Crippen LogP contribution in [0.5, 0.6) is 0 Å². The second-order valence-electron chi connectivity index (χ2n) is 5.63. The molecule has 23 heavy (non-hydrogen) atoms. The molecule has 0 atom stereocenters. The highest BCUT2D eigenvalue weighted by Crippen LogP contribution is 2.31. The molecule has 0 fully saturated rings. The van der Waals surface area contributed by atoms with Gasteiger partial charge in [-0.15, -0.1) is 21.5 Å². The summed E-state index contributed by atoms with van der Waals surface area (Å²) in [6, 6.07) is 9.01. The van der Waals surface area contributed by atoms with Gasteiger partial charge in [-0.05, 0) is 44.5 Å². The molecule has 0 aliphatic carbocycles. The van der Waals surface area contributed by atoms with Gasteiger partial charge in [-0.25, -0.2) is 4.39 Å². The molecule has 2 heterocycles. The lowest BCUT2D eigenvalue weighted by Gasteiger charge is -2.13. The molecular formula is C17H18FN3S2. The van der Waals surface area contributed by atoms with Crippen molar-refractivity contribution in [3.63, 3.8) is 0 Å². The molecule has 2 aromatic heterocycles. The molecule has 0 aliphatic rings. The third-order valence-corrected chi connectivity index (χ3v) is 5.33. The Morgan fingerprint density at radius 1 is 1.22 bits per heavy atom. The number of hydrogen-bond acceptors (Lipinski definition) is 4. The lowest BCUT2D eigenvalue weighted by atomic mass is 10.2. The van der Waals surface area contributed by atoms with Gasteiger partial charge < -0.3 is 0 Å². The van der Waals surface area contributed by atoms with Crippen molar-refractivity contribution in [3.05, 3.63) is 52.0 Å². The summed E-state index contributed by atoms with van der Waals surface area (Å²) in [6.07, 6.45) is 0.